The van der Waals surface area contributed by atoms with E-state index in [1.807, 2.05) is 0 Å². The molecule has 2 aromatic rings. The number of ether oxygens (including phenoxy) is 1. The third-order valence-electron chi connectivity index (χ3n) is 2.63. The number of hydrogen-bond acceptors (Lipinski definition) is 2. The van der Waals surface area contributed by atoms with Crippen molar-refractivity contribution in [1.82, 2.24) is 0 Å². The monoisotopic (exact) mass is 280 g/mol. The van der Waals surface area contributed by atoms with E-state index < -0.39 is 18.2 Å². The standard InChI is InChI=1S/C15H11F3O2/c16-15(17,18)13(11-7-3-1-4-8-11)20-14(19)12-9-5-2-6-10-12/h1-10,13H. The van der Waals surface area contributed by atoms with Crippen molar-refractivity contribution in [1.29, 1.82) is 0 Å². The van der Waals surface area contributed by atoms with Crippen LogP contribution >= 0.6 is 0 Å². The van der Waals surface area contributed by atoms with Gasteiger partial charge in [0.05, 0.1) is 5.56 Å². The topological polar surface area (TPSA) is 26.3 Å². The zero-order valence-electron chi connectivity index (χ0n) is 10.3. The molecule has 0 heterocycles. The van der Waals surface area contributed by atoms with Gasteiger partial charge in [-0.25, -0.2) is 4.79 Å². The van der Waals surface area contributed by atoms with Crippen molar-refractivity contribution in [3.63, 3.8) is 0 Å². The smallest absolute Gasteiger partial charge is 0.429 e. The van der Waals surface area contributed by atoms with Crippen molar-refractivity contribution in [2.45, 2.75) is 12.3 Å². The van der Waals surface area contributed by atoms with Crippen molar-refractivity contribution in [3.05, 3.63) is 71.8 Å². The SMILES string of the molecule is O=C(OC(c1ccccc1)C(F)(F)F)c1ccccc1. The molecule has 2 nitrogen and oxygen atoms in total. The summed E-state index contributed by atoms with van der Waals surface area (Å²) < 4.78 is 43.6. The van der Waals surface area contributed by atoms with Crippen LogP contribution in [0.2, 0.25) is 0 Å². The number of esters is 1. The number of alkyl halides is 3. The summed E-state index contributed by atoms with van der Waals surface area (Å²) in [7, 11) is 0. The highest BCUT2D eigenvalue weighted by molar-refractivity contribution is 5.89. The maximum atomic E-state index is 13.0. The fraction of sp³-hybridized carbons (Fsp3) is 0.133. The molecule has 0 bridgehead atoms. The summed E-state index contributed by atoms with van der Waals surface area (Å²) in [6, 6.07) is 14.7. The van der Waals surface area contributed by atoms with Gasteiger partial charge in [-0.05, 0) is 12.1 Å². The zero-order valence-corrected chi connectivity index (χ0v) is 10.3. The second kappa shape index (κ2) is 5.77. The lowest BCUT2D eigenvalue weighted by atomic mass is 10.1. The lowest BCUT2D eigenvalue weighted by Crippen LogP contribution is -2.26. The van der Waals surface area contributed by atoms with Crippen LogP contribution in [0.5, 0.6) is 0 Å². The van der Waals surface area contributed by atoms with Gasteiger partial charge in [-0.1, -0.05) is 48.5 Å². The molecule has 104 valence electrons. The van der Waals surface area contributed by atoms with Crippen molar-refractivity contribution in [2.75, 3.05) is 0 Å². The normalized spacial score (nSPS) is 12.8. The maximum Gasteiger partial charge on any atom is 0.429 e. The molecule has 0 aromatic heterocycles. The van der Waals surface area contributed by atoms with E-state index in [0.717, 1.165) is 0 Å². The third-order valence-corrected chi connectivity index (χ3v) is 2.63. The van der Waals surface area contributed by atoms with Gasteiger partial charge in [-0.2, -0.15) is 13.2 Å². The Labute approximate surface area is 113 Å². The Morgan fingerprint density at radius 3 is 1.90 bits per heavy atom. The first-order valence-electron chi connectivity index (χ1n) is 5.86. The van der Waals surface area contributed by atoms with E-state index in [2.05, 4.69) is 4.74 Å². The maximum absolute atomic E-state index is 13.0. The predicted molar refractivity (Wildman–Crippen MR) is 67.1 cm³/mol. The molecule has 0 amide bonds. The minimum atomic E-state index is -4.66. The minimum Gasteiger partial charge on any atom is -0.444 e. The number of halogens is 3. The first kappa shape index (κ1) is 14.1. The van der Waals surface area contributed by atoms with E-state index in [1.165, 1.54) is 36.4 Å². The Balaban J connectivity index is 2.24. The van der Waals surface area contributed by atoms with Gasteiger partial charge in [0.15, 0.2) is 0 Å². The van der Waals surface area contributed by atoms with Crippen LogP contribution in [0, 0.1) is 0 Å². The van der Waals surface area contributed by atoms with Crippen molar-refractivity contribution >= 4 is 5.97 Å². The molecule has 5 heteroatoms. The molecule has 0 saturated carbocycles. The van der Waals surface area contributed by atoms with Gasteiger partial charge in [0.25, 0.3) is 0 Å². The summed E-state index contributed by atoms with van der Waals surface area (Å²) in [6.45, 7) is 0. The van der Waals surface area contributed by atoms with Crippen LogP contribution in [-0.4, -0.2) is 12.1 Å². The summed E-state index contributed by atoms with van der Waals surface area (Å²) in [4.78, 5) is 11.8. The Morgan fingerprint density at radius 1 is 0.900 bits per heavy atom. The van der Waals surface area contributed by atoms with Gasteiger partial charge in [0, 0.05) is 5.56 Å². The fourth-order valence-corrected chi connectivity index (χ4v) is 1.70. The van der Waals surface area contributed by atoms with E-state index in [0.29, 0.717) is 0 Å². The first-order chi connectivity index (χ1) is 9.48. The number of carbonyl (C=O) groups excluding carboxylic acids is 1. The van der Waals surface area contributed by atoms with E-state index in [-0.39, 0.29) is 11.1 Å². The molecular weight excluding hydrogens is 269 g/mol. The fourth-order valence-electron chi connectivity index (χ4n) is 1.70. The predicted octanol–water partition coefficient (Wildman–Crippen LogP) is 4.15. The number of benzene rings is 2. The second-order valence-corrected chi connectivity index (χ2v) is 4.10. The highest BCUT2D eigenvalue weighted by Gasteiger charge is 2.44. The molecule has 0 aliphatic carbocycles. The van der Waals surface area contributed by atoms with E-state index >= 15 is 0 Å². The Bertz CT molecular complexity index is 565. The molecule has 20 heavy (non-hydrogen) atoms. The van der Waals surface area contributed by atoms with Gasteiger partial charge >= 0.3 is 12.1 Å². The molecule has 2 aromatic carbocycles. The highest BCUT2D eigenvalue weighted by atomic mass is 19.4. The molecule has 0 fully saturated rings. The minimum absolute atomic E-state index is 0.0812. The molecule has 0 aliphatic rings. The van der Waals surface area contributed by atoms with Gasteiger partial charge < -0.3 is 4.74 Å². The number of carbonyl (C=O) groups is 1. The van der Waals surface area contributed by atoms with Crippen LogP contribution < -0.4 is 0 Å². The molecule has 0 aliphatic heterocycles. The average molecular weight is 280 g/mol. The summed E-state index contributed by atoms with van der Waals surface area (Å²) in [5.41, 5.74) is -0.0260. The van der Waals surface area contributed by atoms with E-state index in [9.17, 15) is 18.0 Å². The molecule has 2 rings (SSSR count). The zero-order chi connectivity index (χ0) is 14.6. The van der Waals surface area contributed by atoms with Crippen LogP contribution in [0.4, 0.5) is 13.2 Å². The van der Waals surface area contributed by atoms with Gasteiger partial charge in [0.2, 0.25) is 6.10 Å². The number of rotatable bonds is 3. The summed E-state index contributed by atoms with van der Waals surface area (Å²) in [5.74, 6) is -1.00. The van der Waals surface area contributed by atoms with Gasteiger partial charge in [0.1, 0.15) is 0 Å². The molecule has 0 radical (unpaired) electrons. The molecule has 0 spiro atoms. The summed E-state index contributed by atoms with van der Waals surface area (Å²) in [5, 5.41) is 0. The summed E-state index contributed by atoms with van der Waals surface area (Å²) >= 11 is 0. The molecule has 0 N–H and O–H groups in total. The van der Waals surface area contributed by atoms with E-state index in [4.69, 9.17) is 0 Å². The van der Waals surface area contributed by atoms with Crippen LogP contribution in [0.15, 0.2) is 60.7 Å². The number of hydrogen-bond donors (Lipinski definition) is 0. The van der Waals surface area contributed by atoms with Crippen molar-refractivity contribution in [2.24, 2.45) is 0 Å². The molecule has 1 atom stereocenters. The van der Waals surface area contributed by atoms with Crippen LogP contribution in [0.25, 0.3) is 0 Å². The highest BCUT2D eigenvalue weighted by Crippen LogP contribution is 2.36. The molecular formula is C15H11F3O2. The van der Waals surface area contributed by atoms with Crippen molar-refractivity contribution in [3.8, 4) is 0 Å². The lowest BCUT2D eigenvalue weighted by Gasteiger charge is -2.21. The van der Waals surface area contributed by atoms with Gasteiger partial charge in [-0.3, -0.25) is 0 Å². The second-order valence-electron chi connectivity index (χ2n) is 4.10. The average Bonchev–Trinajstić information content (AvgIpc) is 2.45. The lowest BCUT2D eigenvalue weighted by molar-refractivity contribution is -0.207. The third kappa shape index (κ3) is 3.38. The summed E-state index contributed by atoms with van der Waals surface area (Å²) in [6.07, 6.45) is -6.93. The van der Waals surface area contributed by atoms with Crippen LogP contribution in [-0.2, 0) is 4.74 Å². The Hall–Kier alpha value is -2.30. The largest absolute Gasteiger partial charge is 0.444 e. The van der Waals surface area contributed by atoms with Crippen LogP contribution in [0.3, 0.4) is 0 Å². The van der Waals surface area contributed by atoms with E-state index in [1.54, 1.807) is 24.3 Å². The quantitative estimate of drug-likeness (QED) is 0.789. The molecule has 1 unspecified atom stereocenters. The van der Waals surface area contributed by atoms with Gasteiger partial charge in [-0.15, -0.1) is 0 Å². The Kier molecular flexibility index (Phi) is 4.08. The molecule has 0 saturated heterocycles. The van der Waals surface area contributed by atoms with Crippen molar-refractivity contribution < 1.29 is 22.7 Å². The van der Waals surface area contributed by atoms with Crippen LogP contribution in [0.1, 0.15) is 22.0 Å². The Morgan fingerprint density at radius 2 is 1.40 bits per heavy atom. The first-order valence-corrected chi connectivity index (χ1v) is 5.86.